The molecule has 1 saturated carbocycles. The van der Waals surface area contributed by atoms with Gasteiger partial charge in [-0.1, -0.05) is 84.0 Å². The van der Waals surface area contributed by atoms with E-state index in [4.69, 9.17) is 9.47 Å². The van der Waals surface area contributed by atoms with Crippen LogP contribution in [0, 0.1) is 0 Å². The summed E-state index contributed by atoms with van der Waals surface area (Å²) in [5.41, 5.74) is 0. The van der Waals surface area contributed by atoms with Crippen LogP contribution in [0.4, 0.5) is 0 Å². The molecule has 0 bridgehead atoms. The summed E-state index contributed by atoms with van der Waals surface area (Å²) in [7, 11) is 0. The first kappa shape index (κ1) is 23.0. The van der Waals surface area contributed by atoms with Gasteiger partial charge in [0.15, 0.2) is 0 Å². The fraction of sp³-hybridized carbons (Fsp3) is 0.909. The van der Waals surface area contributed by atoms with Crippen LogP contribution in [0.5, 0.6) is 0 Å². The molecule has 0 unspecified atom stereocenters. The van der Waals surface area contributed by atoms with Crippen LogP contribution in [0.15, 0.2) is 0 Å². The van der Waals surface area contributed by atoms with E-state index in [0.29, 0.717) is 6.61 Å². The molecule has 0 radical (unpaired) electrons. The van der Waals surface area contributed by atoms with E-state index >= 15 is 0 Å². The van der Waals surface area contributed by atoms with E-state index in [-0.39, 0.29) is 6.10 Å². The Hall–Kier alpha value is -1.06. The van der Waals surface area contributed by atoms with Gasteiger partial charge in [-0.2, -0.15) is 0 Å². The molecule has 1 fully saturated rings. The molecular weight excluding hydrogens is 328 g/mol. The molecule has 0 saturated heterocycles. The third-order valence-corrected chi connectivity index (χ3v) is 5.22. The summed E-state index contributed by atoms with van der Waals surface area (Å²) < 4.78 is 10.2. The number of hydrogen-bond acceptors (Lipinski definition) is 4. The van der Waals surface area contributed by atoms with Crippen molar-refractivity contribution in [2.24, 2.45) is 0 Å². The third kappa shape index (κ3) is 12.3. The predicted molar refractivity (Wildman–Crippen MR) is 105 cm³/mol. The molecule has 4 nitrogen and oxygen atoms in total. The molecule has 1 aliphatic carbocycles. The monoisotopic (exact) mass is 368 g/mol. The second-order valence-corrected chi connectivity index (χ2v) is 7.69. The summed E-state index contributed by atoms with van der Waals surface area (Å²) in [5.74, 6) is -1.63. The number of carbonyl (C=O) groups is 2. The average Bonchev–Trinajstić information content (AvgIpc) is 2.66. The van der Waals surface area contributed by atoms with Gasteiger partial charge in [0.25, 0.3) is 0 Å². The Morgan fingerprint density at radius 2 is 1.19 bits per heavy atom. The van der Waals surface area contributed by atoms with Crippen LogP contribution < -0.4 is 0 Å². The van der Waals surface area contributed by atoms with Gasteiger partial charge >= 0.3 is 11.9 Å². The number of hydrogen-bond donors (Lipinski definition) is 0. The molecule has 0 heterocycles. The van der Waals surface area contributed by atoms with Gasteiger partial charge in [-0.05, 0) is 32.1 Å². The topological polar surface area (TPSA) is 52.6 Å². The van der Waals surface area contributed by atoms with Crippen LogP contribution in [-0.4, -0.2) is 24.6 Å². The molecule has 0 spiro atoms. The second-order valence-electron chi connectivity index (χ2n) is 7.69. The highest BCUT2D eigenvalue weighted by Crippen LogP contribution is 2.20. The molecule has 0 atom stereocenters. The smallest absolute Gasteiger partial charge is 0.417 e. The molecule has 1 rings (SSSR count). The Kier molecular flexibility index (Phi) is 14.3. The van der Waals surface area contributed by atoms with Crippen molar-refractivity contribution in [2.75, 3.05) is 6.61 Å². The third-order valence-electron chi connectivity index (χ3n) is 5.22. The Balaban J connectivity index is 1.84. The zero-order valence-corrected chi connectivity index (χ0v) is 16.9. The van der Waals surface area contributed by atoms with Gasteiger partial charge in [-0.25, -0.2) is 9.59 Å². The van der Waals surface area contributed by atoms with Crippen LogP contribution in [0.3, 0.4) is 0 Å². The van der Waals surface area contributed by atoms with Crippen LogP contribution in [0.1, 0.15) is 116 Å². The van der Waals surface area contributed by atoms with E-state index in [2.05, 4.69) is 6.92 Å². The lowest BCUT2D eigenvalue weighted by atomic mass is 9.98. The van der Waals surface area contributed by atoms with Crippen molar-refractivity contribution in [2.45, 2.75) is 122 Å². The first-order valence-electron chi connectivity index (χ1n) is 11.1. The molecule has 0 amide bonds. The van der Waals surface area contributed by atoms with Gasteiger partial charge in [-0.15, -0.1) is 0 Å². The maximum absolute atomic E-state index is 11.7. The lowest BCUT2D eigenvalue weighted by Gasteiger charge is -2.21. The minimum Gasteiger partial charge on any atom is -0.457 e. The zero-order chi connectivity index (χ0) is 18.9. The Morgan fingerprint density at radius 1 is 0.692 bits per heavy atom. The minimum absolute atomic E-state index is 0.0876. The van der Waals surface area contributed by atoms with Gasteiger partial charge < -0.3 is 9.47 Å². The molecular formula is C22H40O4. The van der Waals surface area contributed by atoms with Gasteiger partial charge in [0.1, 0.15) is 6.10 Å². The summed E-state index contributed by atoms with van der Waals surface area (Å²) in [6.07, 6.45) is 20.2. The minimum atomic E-state index is -0.821. The van der Waals surface area contributed by atoms with Crippen molar-refractivity contribution in [1.29, 1.82) is 0 Å². The molecule has 152 valence electrons. The lowest BCUT2D eigenvalue weighted by molar-refractivity contribution is -0.171. The van der Waals surface area contributed by atoms with E-state index < -0.39 is 11.9 Å². The number of ether oxygens (including phenoxy) is 2. The fourth-order valence-corrected chi connectivity index (χ4v) is 3.55. The highest BCUT2D eigenvalue weighted by Gasteiger charge is 2.23. The van der Waals surface area contributed by atoms with Crippen molar-refractivity contribution in [3.63, 3.8) is 0 Å². The largest absolute Gasteiger partial charge is 0.457 e. The van der Waals surface area contributed by atoms with Crippen LogP contribution in [0.25, 0.3) is 0 Å². The van der Waals surface area contributed by atoms with Gasteiger partial charge in [0, 0.05) is 0 Å². The Bertz CT molecular complexity index is 361. The summed E-state index contributed by atoms with van der Waals surface area (Å²) >= 11 is 0. The van der Waals surface area contributed by atoms with E-state index in [1.165, 1.54) is 70.6 Å². The van der Waals surface area contributed by atoms with Crippen molar-refractivity contribution in [3.8, 4) is 0 Å². The molecule has 0 aromatic rings. The standard InChI is InChI=1S/C22H40O4/c1-2-3-4-5-6-7-8-9-10-11-12-16-19-25-21(23)22(24)26-20-17-14-13-15-18-20/h20H,2-19H2,1H3. The van der Waals surface area contributed by atoms with Crippen LogP contribution >= 0.6 is 0 Å². The number of unbranched alkanes of at least 4 members (excludes halogenated alkanes) is 11. The highest BCUT2D eigenvalue weighted by molar-refractivity contribution is 6.29. The predicted octanol–water partition coefficient (Wildman–Crippen LogP) is 6.11. The molecule has 26 heavy (non-hydrogen) atoms. The second kappa shape index (κ2) is 16.1. The molecule has 4 heteroatoms. The zero-order valence-electron chi connectivity index (χ0n) is 16.9. The number of esters is 2. The van der Waals surface area contributed by atoms with Gasteiger partial charge in [0.2, 0.25) is 0 Å². The van der Waals surface area contributed by atoms with Crippen molar-refractivity contribution in [1.82, 2.24) is 0 Å². The summed E-state index contributed by atoms with van der Waals surface area (Å²) in [5, 5.41) is 0. The first-order valence-corrected chi connectivity index (χ1v) is 11.1. The summed E-state index contributed by atoms with van der Waals surface area (Å²) in [6.45, 7) is 2.58. The van der Waals surface area contributed by atoms with Gasteiger partial charge in [0.05, 0.1) is 6.61 Å². The average molecular weight is 369 g/mol. The van der Waals surface area contributed by atoms with Crippen molar-refractivity contribution in [3.05, 3.63) is 0 Å². The first-order chi connectivity index (χ1) is 12.7. The van der Waals surface area contributed by atoms with Crippen LogP contribution in [-0.2, 0) is 19.1 Å². The van der Waals surface area contributed by atoms with Crippen molar-refractivity contribution >= 4 is 11.9 Å². The number of carbonyl (C=O) groups excluding carboxylic acids is 2. The van der Waals surface area contributed by atoms with E-state index in [9.17, 15) is 9.59 Å². The SMILES string of the molecule is CCCCCCCCCCCCCCOC(=O)C(=O)OC1CCCCC1. The Labute approximate surface area is 160 Å². The molecule has 0 aliphatic heterocycles. The van der Waals surface area contributed by atoms with E-state index in [1.807, 2.05) is 0 Å². The molecule has 1 aliphatic rings. The lowest BCUT2D eigenvalue weighted by Crippen LogP contribution is -2.27. The fourth-order valence-electron chi connectivity index (χ4n) is 3.55. The van der Waals surface area contributed by atoms with Gasteiger partial charge in [-0.3, -0.25) is 0 Å². The maximum atomic E-state index is 11.7. The normalized spacial score (nSPS) is 15.0. The quantitative estimate of drug-likeness (QED) is 0.211. The molecule has 0 aromatic carbocycles. The maximum Gasteiger partial charge on any atom is 0.417 e. The van der Waals surface area contributed by atoms with Crippen LogP contribution in [0.2, 0.25) is 0 Å². The summed E-state index contributed by atoms with van der Waals surface area (Å²) in [4.78, 5) is 23.3. The molecule has 0 N–H and O–H groups in total. The van der Waals surface area contributed by atoms with Crippen molar-refractivity contribution < 1.29 is 19.1 Å². The van der Waals surface area contributed by atoms with E-state index in [0.717, 1.165) is 38.5 Å². The summed E-state index contributed by atoms with van der Waals surface area (Å²) in [6, 6.07) is 0. The molecule has 0 aromatic heterocycles. The Morgan fingerprint density at radius 3 is 1.73 bits per heavy atom. The van der Waals surface area contributed by atoms with E-state index in [1.54, 1.807) is 0 Å². The highest BCUT2D eigenvalue weighted by atomic mass is 16.6. The number of rotatable bonds is 14.